The fraction of sp³-hybridized carbons (Fsp3) is 0.435. The van der Waals surface area contributed by atoms with Gasteiger partial charge < -0.3 is 25.3 Å². The van der Waals surface area contributed by atoms with Gasteiger partial charge in [-0.3, -0.25) is 9.89 Å². The molecule has 1 saturated heterocycles. The number of benzene rings is 2. The highest BCUT2D eigenvalue weighted by atomic mass is 19.1. The minimum absolute atomic E-state index is 0.0222. The molecule has 2 aromatic carbocycles. The molecule has 0 saturated carbocycles. The maximum atomic E-state index is 13.4. The summed E-state index contributed by atoms with van der Waals surface area (Å²) in [7, 11) is 0. The lowest BCUT2D eigenvalue weighted by Gasteiger charge is -2.34. The van der Waals surface area contributed by atoms with Crippen molar-refractivity contribution in [2.24, 2.45) is 10.7 Å². The molecule has 3 rings (SSSR count). The van der Waals surface area contributed by atoms with Gasteiger partial charge in [0.2, 0.25) is 0 Å². The van der Waals surface area contributed by atoms with Crippen LogP contribution in [0.15, 0.2) is 47.5 Å². The molecular weight excluding hydrogens is 399 g/mol. The number of ether oxygens (including phenoxy) is 3. The molecule has 0 aromatic heterocycles. The van der Waals surface area contributed by atoms with Crippen molar-refractivity contribution in [2.45, 2.75) is 19.9 Å². The van der Waals surface area contributed by atoms with E-state index in [2.05, 4.69) is 15.2 Å². The quantitative estimate of drug-likeness (QED) is 0.469. The van der Waals surface area contributed by atoms with E-state index in [1.54, 1.807) is 12.1 Å². The monoisotopic (exact) mass is 430 g/mol. The Morgan fingerprint density at radius 2 is 1.84 bits per heavy atom. The number of halogens is 1. The Kier molecular flexibility index (Phi) is 8.49. The van der Waals surface area contributed by atoms with Crippen molar-refractivity contribution < 1.29 is 18.6 Å². The molecular formula is C23H31FN4O3. The van der Waals surface area contributed by atoms with Crippen molar-refractivity contribution in [3.05, 3.63) is 53.8 Å². The second kappa shape index (κ2) is 11.5. The van der Waals surface area contributed by atoms with Gasteiger partial charge in [0.1, 0.15) is 17.3 Å². The third kappa shape index (κ3) is 6.57. The molecule has 1 heterocycles. The minimum Gasteiger partial charge on any atom is -0.494 e. The van der Waals surface area contributed by atoms with Crippen molar-refractivity contribution in [1.82, 2.24) is 4.90 Å². The third-order valence-corrected chi connectivity index (χ3v) is 5.00. The first-order valence-corrected chi connectivity index (χ1v) is 10.6. The molecule has 1 atom stereocenters. The van der Waals surface area contributed by atoms with Crippen molar-refractivity contribution in [1.29, 1.82) is 0 Å². The molecule has 0 spiro atoms. The van der Waals surface area contributed by atoms with Crippen LogP contribution in [0.2, 0.25) is 0 Å². The first kappa shape index (κ1) is 22.8. The molecule has 0 amide bonds. The second-order valence-electron chi connectivity index (χ2n) is 7.09. The van der Waals surface area contributed by atoms with Gasteiger partial charge in [-0.25, -0.2) is 4.39 Å². The number of nitrogens with one attached hydrogen (secondary N) is 1. The fourth-order valence-corrected chi connectivity index (χ4v) is 3.51. The standard InChI is InChI=1S/C23H31FN4O3/c1-3-30-19-9-10-22(31-4-2)20(15-19)27-23(25)26-16-21(28-11-13-29-14-12-28)17-5-7-18(24)8-6-17/h5-10,15,21H,3-4,11-14,16H2,1-2H3,(H3,25,26,27). The number of anilines is 1. The summed E-state index contributed by atoms with van der Waals surface area (Å²) < 4.78 is 30.2. The Balaban J connectivity index is 1.77. The predicted octanol–water partition coefficient (Wildman–Crippen LogP) is 3.42. The zero-order valence-corrected chi connectivity index (χ0v) is 18.1. The van der Waals surface area contributed by atoms with E-state index < -0.39 is 0 Å². The molecule has 0 bridgehead atoms. The van der Waals surface area contributed by atoms with Gasteiger partial charge in [0, 0.05) is 19.2 Å². The average molecular weight is 431 g/mol. The van der Waals surface area contributed by atoms with Gasteiger partial charge in [0.05, 0.1) is 44.7 Å². The van der Waals surface area contributed by atoms with Gasteiger partial charge in [0.25, 0.3) is 0 Å². The lowest BCUT2D eigenvalue weighted by molar-refractivity contribution is 0.0180. The number of guanidine groups is 1. The van der Waals surface area contributed by atoms with Gasteiger partial charge in [0.15, 0.2) is 5.96 Å². The second-order valence-corrected chi connectivity index (χ2v) is 7.09. The number of hydrogen-bond acceptors (Lipinski definition) is 5. The maximum Gasteiger partial charge on any atom is 0.193 e. The summed E-state index contributed by atoms with van der Waals surface area (Å²) in [6, 6.07) is 12.1. The van der Waals surface area contributed by atoms with Crippen molar-refractivity contribution in [3.63, 3.8) is 0 Å². The van der Waals surface area contributed by atoms with E-state index in [0.29, 0.717) is 44.4 Å². The zero-order valence-electron chi connectivity index (χ0n) is 18.1. The summed E-state index contributed by atoms with van der Waals surface area (Å²) >= 11 is 0. The molecule has 3 N–H and O–H groups in total. The molecule has 1 unspecified atom stereocenters. The number of nitrogens with zero attached hydrogens (tertiary/aromatic N) is 2. The number of rotatable bonds is 9. The first-order valence-electron chi connectivity index (χ1n) is 10.6. The van der Waals surface area contributed by atoms with Gasteiger partial charge in [-0.2, -0.15) is 0 Å². The summed E-state index contributed by atoms with van der Waals surface area (Å²) in [5, 5.41) is 3.13. The SMILES string of the molecule is CCOc1ccc(OCC)c(NC(N)=NCC(c2ccc(F)cc2)N2CCOCC2)c1. The van der Waals surface area contributed by atoms with Crippen molar-refractivity contribution >= 4 is 11.6 Å². The average Bonchev–Trinajstić information content (AvgIpc) is 2.78. The first-order chi connectivity index (χ1) is 15.1. The van der Waals surface area contributed by atoms with Gasteiger partial charge in [-0.1, -0.05) is 12.1 Å². The van der Waals surface area contributed by atoms with Crippen LogP contribution in [-0.4, -0.2) is 56.9 Å². The lowest BCUT2D eigenvalue weighted by Crippen LogP contribution is -2.40. The Labute approximate surface area is 183 Å². The van der Waals surface area contributed by atoms with E-state index in [9.17, 15) is 4.39 Å². The minimum atomic E-state index is -0.258. The van der Waals surface area contributed by atoms with E-state index >= 15 is 0 Å². The Morgan fingerprint density at radius 3 is 2.52 bits per heavy atom. The van der Waals surface area contributed by atoms with Gasteiger partial charge in [-0.05, 0) is 43.7 Å². The topological polar surface area (TPSA) is 81.3 Å². The van der Waals surface area contributed by atoms with E-state index in [1.807, 2.05) is 32.0 Å². The number of aliphatic imine (C=N–C) groups is 1. The van der Waals surface area contributed by atoms with E-state index in [-0.39, 0.29) is 17.8 Å². The normalized spacial score (nSPS) is 16.0. The highest BCUT2D eigenvalue weighted by molar-refractivity contribution is 5.94. The van der Waals surface area contributed by atoms with E-state index in [1.165, 1.54) is 12.1 Å². The van der Waals surface area contributed by atoms with Crippen LogP contribution in [0.1, 0.15) is 25.5 Å². The predicted molar refractivity (Wildman–Crippen MR) is 120 cm³/mol. The smallest absolute Gasteiger partial charge is 0.193 e. The van der Waals surface area contributed by atoms with Crippen LogP contribution >= 0.6 is 0 Å². The molecule has 31 heavy (non-hydrogen) atoms. The highest BCUT2D eigenvalue weighted by Gasteiger charge is 2.22. The highest BCUT2D eigenvalue weighted by Crippen LogP contribution is 2.29. The molecule has 1 aliphatic heterocycles. The van der Waals surface area contributed by atoms with Crippen LogP contribution in [0, 0.1) is 5.82 Å². The van der Waals surface area contributed by atoms with E-state index in [4.69, 9.17) is 19.9 Å². The fourth-order valence-electron chi connectivity index (χ4n) is 3.51. The Hall–Kier alpha value is -2.84. The maximum absolute atomic E-state index is 13.4. The summed E-state index contributed by atoms with van der Waals surface area (Å²) in [4.78, 5) is 6.87. The number of hydrogen-bond donors (Lipinski definition) is 2. The number of nitrogens with two attached hydrogens (primary N) is 1. The summed E-state index contributed by atoms with van der Waals surface area (Å²) in [6.07, 6.45) is 0. The summed E-state index contributed by atoms with van der Waals surface area (Å²) in [6.45, 7) is 8.28. The van der Waals surface area contributed by atoms with Crippen LogP contribution in [0.3, 0.4) is 0 Å². The van der Waals surface area contributed by atoms with Crippen LogP contribution in [0.25, 0.3) is 0 Å². The Morgan fingerprint density at radius 1 is 1.13 bits per heavy atom. The van der Waals surface area contributed by atoms with Crippen LogP contribution in [-0.2, 0) is 4.74 Å². The number of morpholine rings is 1. The van der Waals surface area contributed by atoms with Crippen LogP contribution < -0.4 is 20.5 Å². The van der Waals surface area contributed by atoms with Crippen molar-refractivity contribution in [2.75, 3.05) is 51.4 Å². The molecule has 1 fully saturated rings. The summed E-state index contributed by atoms with van der Waals surface area (Å²) in [5.74, 6) is 1.41. The third-order valence-electron chi connectivity index (χ3n) is 5.00. The van der Waals surface area contributed by atoms with Crippen LogP contribution in [0.4, 0.5) is 10.1 Å². The molecule has 0 radical (unpaired) electrons. The summed E-state index contributed by atoms with van der Waals surface area (Å²) in [5.41, 5.74) is 7.90. The molecule has 0 aliphatic carbocycles. The Bertz CT molecular complexity index is 854. The molecule has 1 aliphatic rings. The lowest BCUT2D eigenvalue weighted by atomic mass is 10.0. The molecule has 8 heteroatoms. The van der Waals surface area contributed by atoms with Crippen LogP contribution in [0.5, 0.6) is 11.5 Å². The zero-order chi connectivity index (χ0) is 22.1. The van der Waals surface area contributed by atoms with Crippen molar-refractivity contribution in [3.8, 4) is 11.5 Å². The molecule has 2 aromatic rings. The van der Waals surface area contributed by atoms with E-state index in [0.717, 1.165) is 24.4 Å². The largest absolute Gasteiger partial charge is 0.494 e. The van der Waals surface area contributed by atoms with Gasteiger partial charge in [-0.15, -0.1) is 0 Å². The molecule has 7 nitrogen and oxygen atoms in total. The van der Waals surface area contributed by atoms with Gasteiger partial charge >= 0.3 is 0 Å². The molecule has 168 valence electrons.